The molecule has 2 aromatic carbocycles. The number of rotatable bonds is 2. The quantitative estimate of drug-likeness (QED) is 0.487. The van der Waals surface area contributed by atoms with E-state index in [4.69, 9.17) is 4.42 Å². The van der Waals surface area contributed by atoms with Crippen molar-refractivity contribution in [2.24, 2.45) is 0 Å². The molecule has 0 amide bonds. The van der Waals surface area contributed by atoms with Gasteiger partial charge in [-0.3, -0.25) is 14.3 Å². The van der Waals surface area contributed by atoms with Crippen LogP contribution in [0.5, 0.6) is 0 Å². The zero-order valence-electron chi connectivity index (χ0n) is 13.5. The molecule has 0 spiro atoms. The number of nitrogens with zero attached hydrogens (tertiary/aromatic N) is 4. The fourth-order valence-corrected chi connectivity index (χ4v) is 2.95. The Bertz CT molecular complexity index is 1220. The fourth-order valence-electron chi connectivity index (χ4n) is 2.95. The highest BCUT2D eigenvalue weighted by molar-refractivity contribution is 6.02. The number of benzene rings is 2. The summed E-state index contributed by atoms with van der Waals surface area (Å²) in [7, 11) is 0. The van der Waals surface area contributed by atoms with Gasteiger partial charge in [0.1, 0.15) is 11.2 Å². The number of hydrogen-bond donors (Lipinski definition) is 0. The molecule has 5 aromatic rings. The molecule has 0 bridgehead atoms. The average Bonchev–Trinajstić information content (AvgIpc) is 3.29. The van der Waals surface area contributed by atoms with Gasteiger partial charge in [-0.15, -0.1) is 0 Å². The first kappa shape index (κ1) is 14.5. The van der Waals surface area contributed by atoms with Crippen LogP contribution in [0.2, 0.25) is 0 Å². The van der Waals surface area contributed by atoms with Gasteiger partial charge in [-0.2, -0.15) is 0 Å². The lowest BCUT2D eigenvalue weighted by atomic mass is 10.3. The second-order valence-electron chi connectivity index (χ2n) is 5.77. The topological polar surface area (TPSA) is 73.8 Å². The van der Waals surface area contributed by atoms with E-state index in [9.17, 15) is 4.79 Å². The normalized spacial score (nSPS) is 11.2. The molecule has 0 aliphatic heterocycles. The molecule has 0 saturated heterocycles. The first-order valence-corrected chi connectivity index (χ1v) is 8.10. The predicted molar refractivity (Wildman–Crippen MR) is 96.7 cm³/mol. The second-order valence-corrected chi connectivity index (χ2v) is 5.77. The third-order valence-electron chi connectivity index (χ3n) is 4.13. The molecule has 3 heterocycles. The largest absolute Gasteiger partial charge is 0.434 e. The van der Waals surface area contributed by atoms with Gasteiger partial charge in [0.2, 0.25) is 5.82 Å². The van der Waals surface area contributed by atoms with Crippen LogP contribution >= 0.6 is 0 Å². The monoisotopic (exact) mass is 340 g/mol. The Morgan fingerprint density at radius 2 is 1.62 bits per heavy atom. The van der Waals surface area contributed by atoms with Crippen molar-refractivity contribution in [2.45, 2.75) is 0 Å². The van der Waals surface area contributed by atoms with Crippen molar-refractivity contribution in [2.75, 3.05) is 0 Å². The number of imidazole rings is 1. The summed E-state index contributed by atoms with van der Waals surface area (Å²) in [6, 6.07) is 20.1. The number of fused-ring (bicyclic) bond motifs is 2. The number of oxazole rings is 1. The summed E-state index contributed by atoms with van der Waals surface area (Å²) in [6.07, 6.45) is 1.59. The molecule has 0 fully saturated rings. The van der Waals surface area contributed by atoms with Gasteiger partial charge >= 0.3 is 0 Å². The second kappa shape index (κ2) is 5.63. The van der Waals surface area contributed by atoms with Crippen LogP contribution in [-0.2, 0) is 0 Å². The number of carbonyl (C=O) groups excluding carboxylic acids is 1. The van der Waals surface area contributed by atoms with E-state index < -0.39 is 0 Å². The van der Waals surface area contributed by atoms with E-state index in [0.29, 0.717) is 39.5 Å². The van der Waals surface area contributed by atoms with Crippen LogP contribution in [0.4, 0.5) is 0 Å². The Kier molecular flexibility index (Phi) is 3.15. The Labute approximate surface area is 147 Å². The fraction of sp³-hybridized carbons (Fsp3) is 0. The van der Waals surface area contributed by atoms with Crippen LogP contribution in [0.1, 0.15) is 10.5 Å². The standard InChI is InChI=1S/C20H12N4O2/c25-20(15-9-5-6-12-21-15)24-16-10-3-1-7-13(16)22-18(24)19-23-14-8-2-4-11-17(14)26-19/h1-12H. The minimum absolute atomic E-state index is 0.281. The molecule has 6 heteroatoms. The zero-order chi connectivity index (χ0) is 17.5. The minimum Gasteiger partial charge on any atom is -0.434 e. The lowest BCUT2D eigenvalue weighted by molar-refractivity contribution is 0.0960. The summed E-state index contributed by atoms with van der Waals surface area (Å²) >= 11 is 0. The van der Waals surface area contributed by atoms with E-state index >= 15 is 0 Å². The molecule has 0 N–H and O–H groups in total. The SMILES string of the molecule is O=C(c1ccccn1)n1c(-c2nc3ccccc3o2)nc2ccccc21. The first-order valence-electron chi connectivity index (χ1n) is 8.10. The minimum atomic E-state index is -0.281. The van der Waals surface area contributed by atoms with Crippen molar-refractivity contribution in [3.63, 3.8) is 0 Å². The Morgan fingerprint density at radius 3 is 2.42 bits per heavy atom. The highest BCUT2D eigenvalue weighted by Gasteiger charge is 2.23. The first-order chi connectivity index (χ1) is 12.8. The lowest BCUT2D eigenvalue weighted by Gasteiger charge is -2.05. The van der Waals surface area contributed by atoms with Crippen molar-refractivity contribution in [3.8, 4) is 11.7 Å². The number of hydrogen-bond acceptors (Lipinski definition) is 5. The van der Waals surface area contributed by atoms with E-state index in [2.05, 4.69) is 15.0 Å². The number of para-hydroxylation sites is 4. The number of pyridine rings is 1. The van der Waals surface area contributed by atoms with Gasteiger partial charge in [0.25, 0.3) is 11.8 Å². The summed E-state index contributed by atoms with van der Waals surface area (Å²) in [5, 5.41) is 0. The van der Waals surface area contributed by atoms with E-state index in [1.165, 1.54) is 4.57 Å². The van der Waals surface area contributed by atoms with Gasteiger partial charge < -0.3 is 4.42 Å². The third kappa shape index (κ3) is 2.20. The maximum atomic E-state index is 13.1. The Hall–Kier alpha value is -3.80. The van der Waals surface area contributed by atoms with Crippen LogP contribution in [0, 0.1) is 0 Å². The lowest BCUT2D eigenvalue weighted by Crippen LogP contribution is -2.14. The molecular weight excluding hydrogens is 328 g/mol. The highest BCUT2D eigenvalue weighted by atomic mass is 16.3. The molecule has 6 nitrogen and oxygen atoms in total. The summed E-state index contributed by atoms with van der Waals surface area (Å²) in [5.41, 5.74) is 3.06. The van der Waals surface area contributed by atoms with Gasteiger partial charge in [-0.1, -0.05) is 30.3 Å². The Balaban J connectivity index is 1.78. The summed E-state index contributed by atoms with van der Waals surface area (Å²) < 4.78 is 7.35. The summed E-state index contributed by atoms with van der Waals surface area (Å²) in [6.45, 7) is 0. The van der Waals surface area contributed by atoms with E-state index in [-0.39, 0.29) is 5.91 Å². The maximum Gasteiger partial charge on any atom is 0.282 e. The van der Waals surface area contributed by atoms with Crippen LogP contribution in [-0.4, -0.2) is 25.4 Å². The highest BCUT2D eigenvalue weighted by Crippen LogP contribution is 2.27. The van der Waals surface area contributed by atoms with Crippen molar-refractivity contribution in [1.29, 1.82) is 0 Å². The van der Waals surface area contributed by atoms with Crippen molar-refractivity contribution in [1.82, 2.24) is 19.5 Å². The molecule has 26 heavy (non-hydrogen) atoms. The smallest absolute Gasteiger partial charge is 0.282 e. The molecule has 0 saturated carbocycles. The molecular formula is C20H12N4O2. The molecule has 124 valence electrons. The molecule has 0 atom stereocenters. The van der Waals surface area contributed by atoms with Gasteiger partial charge in [-0.25, -0.2) is 9.97 Å². The number of aromatic nitrogens is 4. The number of carbonyl (C=O) groups is 1. The molecule has 5 rings (SSSR count). The van der Waals surface area contributed by atoms with E-state index in [1.807, 2.05) is 48.5 Å². The molecule has 0 aliphatic carbocycles. The zero-order valence-corrected chi connectivity index (χ0v) is 13.5. The van der Waals surface area contributed by atoms with Crippen LogP contribution in [0.15, 0.2) is 77.3 Å². The predicted octanol–water partition coefficient (Wildman–Crippen LogP) is 3.93. The van der Waals surface area contributed by atoms with Crippen molar-refractivity contribution in [3.05, 3.63) is 78.6 Å². The maximum absolute atomic E-state index is 13.1. The van der Waals surface area contributed by atoms with Crippen LogP contribution in [0.25, 0.3) is 33.8 Å². The van der Waals surface area contributed by atoms with Crippen molar-refractivity contribution < 1.29 is 9.21 Å². The Morgan fingerprint density at radius 1 is 0.846 bits per heavy atom. The van der Waals surface area contributed by atoms with Gasteiger partial charge in [0.05, 0.1) is 11.0 Å². The van der Waals surface area contributed by atoms with Crippen LogP contribution < -0.4 is 0 Å². The molecule has 3 aromatic heterocycles. The van der Waals surface area contributed by atoms with Crippen LogP contribution in [0.3, 0.4) is 0 Å². The van der Waals surface area contributed by atoms with E-state index in [1.54, 1.807) is 24.4 Å². The van der Waals surface area contributed by atoms with E-state index in [0.717, 1.165) is 0 Å². The molecule has 0 radical (unpaired) electrons. The van der Waals surface area contributed by atoms with Crippen molar-refractivity contribution >= 4 is 28.0 Å². The summed E-state index contributed by atoms with van der Waals surface area (Å²) in [5.74, 6) is 0.376. The average molecular weight is 340 g/mol. The molecule has 0 unspecified atom stereocenters. The van der Waals surface area contributed by atoms with Gasteiger partial charge in [-0.05, 0) is 36.4 Å². The third-order valence-corrected chi connectivity index (χ3v) is 4.13. The van der Waals surface area contributed by atoms with Gasteiger partial charge in [0.15, 0.2) is 5.58 Å². The van der Waals surface area contributed by atoms with Gasteiger partial charge in [0, 0.05) is 6.20 Å². The summed E-state index contributed by atoms with van der Waals surface area (Å²) in [4.78, 5) is 26.4. The molecule has 0 aliphatic rings.